The molecule has 0 saturated carbocycles. The highest BCUT2D eigenvalue weighted by molar-refractivity contribution is 4.65. The minimum absolute atomic E-state index is 0.524. The zero-order chi connectivity index (χ0) is 10.2. The molecule has 0 bridgehead atoms. The lowest BCUT2D eigenvalue weighted by Crippen LogP contribution is -2.30. The molecule has 1 atom stereocenters. The summed E-state index contributed by atoms with van der Waals surface area (Å²) in [5.74, 6) is 0. The van der Waals surface area contributed by atoms with E-state index in [4.69, 9.17) is 4.74 Å². The van der Waals surface area contributed by atoms with Gasteiger partial charge < -0.3 is 15.0 Å². The Morgan fingerprint density at radius 1 is 1.29 bits per heavy atom. The molecular formula is C11H24N2O. The largest absolute Gasteiger partial charge is 0.378 e. The molecular weight excluding hydrogens is 176 g/mol. The Balaban J connectivity index is 1.87. The van der Waals surface area contributed by atoms with Gasteiger partial charge in [-0.1, -0.05) is 0 Å². The first-order valence-electron chi connectivity index (χ1n) is 5.76. The fraction of sp³-hybridized carbons (Fsp3) is 1.00. The second kappa shape index (κ2) is 7.21. The zero-order valence-electron chi connectivity index (χ0n) is 9.59. The molecule has 1 heterocycles. The van der Waals surface area contributed by atoms with E-state index in [1.165, 1.54) is 25.7 Å². The Morgan fingerprint density at radius 2 is 2.14 bits per heavy atom. The maximum Gasteiger partial charge on any atom is 0.0587 e. The normalized spacial score (nSPS) is 22.9. The third kappa shape index (κ3) is 5.58. The van der Waals surface area contributed by atoms with Crippen molar-refractivity contribution in [2.24, 2.45) is 0 Å². The molecule has 1 saturated heterocycles. The molecule has 14 heavy (non-hydrogen) atoms. The van der Waals surface area contributed by atoms with Crippen LogP contribution < -0.4 is 5.32 Å². The van der Waals surface area contributed by atoms with Gasteiger partial charge in [0.15, 0.2) is 0 Å². The van der Waals surface area contributed by atoms with Crippen molar-refractivity contribution in [3.8, 4) is 0 Å². The van der Waals surface area contributed by atoms with E-state index >= 15 is 0 Å². The molecule has 1 unspecified atom stereocenters. The Kier molecular flexibility index (Phi) is 6.15. The summed E-state index contributed by atoms with van der Waals surface area (Å²) in [7, 11) is 4.21. The molecule has 0 radical (unpaired) electrons. The van der Waals surface area contributed by atoms with Gasteiger partial charge in [0.2, 0.25) is 0 Å². The van der Waals surface area contributed by atoms with E-state index in [0.29, 0.717) is 6.10 Å². The standard InChI is InChI=1S/C11H24N2O/c1-13(2)9-8-12-7-6-11-5-3-4-10-14-11/h11-12H,3-10H2,1-2H3. The summed E-state index contributed by atoms with van der Waals surface area (Å²) in [6.07, 6.45) is 5.56. The Labute approximate surface area is 87.8 Å². The summed E-state index contributed by atoms with van der Waals surface area (Å²) in [6.45, 7) is 4.27. The van der Waals surface area contributed by atoms with Crippen molar-refractivity contribution < 1.29 is 4.74 Å². The van der Waals surface area contributed by atoms with Crippen LogP contribution in [-0.4, -0.2) is 51.3 Å². The van der Waals surface area contributed by atoms with Crippen molar-refractivity contribution in [1.82, 2.24) is 10.2 Å². The second-order valence-corrected chi connectivity index (χ2v) is 4.33. The van der Waals surface area contributed by atoms with Gasteiger partial charge in [-0.25, -0.2) is 0 Å². The SMILES string of the molecule is CN(C)CCNCCC1CCCCO1. The number of hydrogen-bond acceptors (Lipinski definition) is 3. The highest BCUT2D eigenvalue weighted by Crippen LogP contribution is 2.14. The number of nitrogens with one attached hydrogen (secondary N) is 1. The van der Waals surface area contributed by atoms with Gasteiger partial charge in [-0.2, -0.15) is 0 Å². The molecule has 0 aromatic rings. The van der Waals surface area contributed by atoms with Crippen molar-refractivity contribution >= 4 is 0 Å². The average Bonchev–Trinajstić information content (AvgIpc) is 2.18. The predicted octanol–water partition coefficient (Wildman–Crippen LogP) is 1.10. The van der Waals surface area contributed by atoms with Crippen molar-refractivity contribution in [3.63, 3.8) is 0 Å². The third-order valence-corrected chi connectivity index (χ3v) is 2.65. The molecule has 3 nitrogen and oxygen atoms in total. The van der Waals surface area contributed by atoms with Crippen molar-refractivity contribution in [2.45, 2.75) is 31.8 Å². The van der Waals surface area contributed by atoms with E-state index in [-0.39, 0.29) is 0 Å². The van der Waals surface area contributed by atoms with E-state index in [1.54, 1.807) is 0 Å². The number of hydrogen-bond donors (Lipinski definition) is 1. The molecule has 1 N–H and O–H groups in total. The fourth-order valence-electron chi connectivity index (χ4n) is 1.73. The van der Waals surface area contributed by atoms with E-state index in [1.807, 2.05) is 0 Å². The van der Waals surface area contributed by atoms with E-state index in [9.17, 15) is 0 Å². The molecule has 84 valence electrons. The Morgan fingerprint density at radius 3 is 2.79 bits per heavy atom. The topological polar surface area (TPSA) is 24.5 Å². The van der Waals surface area contributed by atoms with Crippen LogP contribution in [-0.2, 0) is 4.74 Å². The number of likely N-dealkylation sites (N-methyl/N-ethyl adjacent to an activating group) is 1. The number of ether oxygens (including phenoxy) is 1. The Bertz CT molecular complexity index is 133. The van der Waals surface area contributed by atoms with Gasteiger partial charge in [0, 0.05) is 19.7 Å². The average molecular weight is 200 g/mol. The van der Waals surface area contributed by atoms with Crippen LogP contribution in [0.4, 0.5) is 0 Å². The van der Waals surface area contributed by atoms with Crippen LogP contribution >= 0.6 is 0 Å². The minimum atomic E-state index is 0.524. The van der Waals surface area contributed by atoms with Crippen LogP contribution in [0.15, 0.2) is 0 Å². The van der Waals surface area contributed by atoms with Crippen LogP contribution in [0.3, 0.4) is 0 Å². The summed E-state index contributed by atoms with van der Waals surface area (Å²) in [6, 6.07) is 0. The van der Waals surface area contributed by atoms with Gasteiger partial charge in [-0.3, -0.25) is 0 Å². The molecule has 3 heteroatoms. The van der Waals surface area contributed by atoms with Gasteiger partial charge in [0.25, 0.3) is 0 Å². The zero-order valence-corrected chi connectivity index (χ0v) is 9.59. The highest BCUT2D eigenvalue weighted by Gasteiger charge is 2.12. The Hall–Kier alpha value is -0.120. The molecule has 1 fully saturated rings. The van der Waals surface area contributed by atoms with Crippen LogP contribution in [0.25, 0.3) is 0 Å². The lowest BCUT2D eigenvalue weighted by atomic mass is 10.1. The molecule has 0 spiro atoms. The molecule has 0 aromatic carbocycles. The van der Waals surface area contributed by atoms with E-state index in [0.717, 1.165) is 26.2 Å². The fourth-order valence-corrected chi connectivity index (χ4v) is 1.73. The van der Waals surface area contributed by atoms with Crippen LogP contribution in [0.5, 0.6) is 0 Å². The van der Waals surface area contributed by atoms with Gasteiger partial charge in [0.05, 0.1) is 6.10 Å². The number of nitrogens with zero attached hydrogens (tertiary/aromatic N) is 1. The summed E-state index contributed by atoms with van der Waals surface area (Å²) in [5.41, 5.74) is 0. The monoisotopic (exact) mass is 200 g/mol. The van der Waals surface area contributed by atoms with Gasteiger partial charge in [-0.15, -0.1) is 0 Å². The summed E-state index contributed by atoms with van der Waals surface area (Å²) >= 11 is 0. The quantitative estimate of drug-likeness (QED) is 0.650. The third-order valence-electron chi connectivity index (χ3n) is 2.65. The molecule has 1 aliphatic heterocycles. The van der Waals surface area contributed by atoms with E-state index < -0.39 is 0 Å². The van der Waals surface area contributed by atoms with Crippen LogP contribution in [0.2, 0.25) is 0 Å². The lowest BCUT2D eigenvalue weighted by Gasteiger charge is -2.22. The van der Waals surface area contributed by atoms with Crippen LogP contribution in [0.1, 0.15) is 25.7 Å². The first kappa shape index (κ1) is 12.0. The molecule has 0 amide bonds. The van der Waals surface area contributed by atoms with E-state index in [2.05, 4.69) is 24.3 Å². The van der Waals surface area contributed by atoms with Gasteiger partial charge in [-0.05, 0) is 46.3 Å². The van der Waals surface area contributed by atoms with Gasteiger partial charge >= 0.3 is 0 Å². The molecule has 0 aromatic heterocycles. The van der Waals surface area contributed by atoms with Crippen molar-refractivity contribution in [2.75, 3.05) is 40.3 Å². The molecule has 0 aliphatic carbocycles. The lowest BCUT2D eigenvalue weighted by molar-refractivity contribution is 0.0116. The first-order chi connectivity index (χ1) is 6.79. The van der Waals surface area contributed by atoms with Crippen LogP contribution in [0, 0.1) is 0 Å². The maximum absolute atomic E-state index is 5.66. The second-order valence-electron chi connectivity index (χ2n) is 4.33. The smallest absolute Gasteiger partial charge is 0.0587 e. The summed E-state index contributed by atoms with van der Waals surface area (Å²) in [5, 5.41) is 3.44. The first-order valence-corrected chi connectivity index (χ1v) is 5.76. The highest BCUT2D eigenvalue weighted by atomic mass is 16.5. The molecule has 1 rings (SSSR count). The number of rotatable bonds is 6. The van der Waals surface area contributed by atoms with Gasteiger partial charge in [0.1, 0.15) is 0 Å². The summed E-state index contributed by atoms with van der Waals surface area (Å²) in [4.78, 5) is 2.20. The summed E-state index contributed by atoms with van der Waals surface area (Å²) < 4.78 is 5.66. The molecule has 1 aliphatic rings. The predicted molar refractivity (Wildman–Crippen MR) is 59.6 cm³/mol. The minimum Gasteiger partial charge on any atom is -0.378 e. The maximum atomic E-state index is 5.66. The van der Waals surface area contributed by atoms with Crippen molar-refractivity contribution in [3.05, 3.63) is 0 Å². The van der Waals surface area contributed by atoms with Crippen molar-refractivity contribution in [1.29, 1.82) is 0 Å².